The van der Waals surface area contributed by atoms with E-state index in [2.05, 4.69) is 4.98 Å². The predicted molar refractivity (Wildman–Crippen MR) is 69.9 cm³/mol. The zero-order valence-corrected chi connectivity index (χ0v) is 11.0. The van der Waals surface area contributed by atoms with Gasteiger partial charge in [-0.15, -0.1) is 11.3 Å². The number of hydrogen-bond donors (Lipinski definition) is 0. The molecule has 0 bridgehead atoms. The van der Waals surface area contributed by atoms with Crippen molar-refractivity contribution in [2.24, 2.45) is 0 Å². The summed E-state index contributed by atoms with van der Waals surface area (Å²) in [6.45, 7) is 2.22. The van der Waals surface area contributed by atoms with Crippen LogP contribution in [0, 0.1) is 0 Å². The Morgan fingerprint density at radius 1 is 1.42 bits per heavy atom. The monoisotopic (exact) mass is 279 g/mol. The van der Waals surface area contributed by atoms with Gasteiger partial charge in [0.15, 0.2) is 5.82 Å². The predicted octanol–water partition coefficient (Wildman–Crippen LogP) is 1.49. The number of nitrogens with zero attached hydrogens (tertiary/aromatic N) is 3. The highest BCUT2D eigenvalue weighted by Gasteiger charge is 2.20. The highest BCUT2D eigenvalue weighted by molar-refractivity contribution is 7.13. The van der Waals surface area contributed by atoms with Crippen LogP contribution in [0.15, 0.2) is 29.9 Å². The van der Waals surface area contributed by atoms with E-state index >= 15 is 0 Å². The Labute approximate surface area is 114 Å². The third-order valence-corrected chi connectivity index (χ3v) is 3.66. The van der Waals surface area contributed by atoms with Crippen LogP contribution in [0.1, 0.15) is 0 Å². The van der Waals surface area contributed by atoms with E-state index in [0.29, 0.717) is 32.1 Å². The molecule has 3 rings (SSSR count). The number of carbonyl (C=O) groups excluding carboxylic acids is 1. The fraction of sp³-hybridized carbons (Fsp3) is 0.333. The van der Waals surface area contributed by atoms with Crippen molar-refractivity contribution in [1.82, 2.24) is 14.6 Å². The van der Waals surface area contributed by atoms with Crippen molar-refractivity contribution in [3.05, 3.63) is 29.9 Å². The van der Waals surface area contributed by atoms with Crippen LogP contribution in [0.2, 0.25) is 0 Å². The van der Waals surface area contributed by atoms with Gasteiger partial charge in [0, 0.05) is 19.3 Å². The molecule has 0 saturated carbocycles. The van der Waals surface area contributed by atoms with Crippen molar-refractivity contribution in [1.29, 1.82) is 0 Å². The van der Waals surface area contributed by atoms with Crippen LogP contribution in [0.5, 0.6) is 0 Å². The van der Waals surface area contributed by atoms with E-state index < -0.39 is 0 Å². The molecule has 0 aliphatic carbocycles. The molecule has 1 saturated heterocycles. The number of morpholine rings is 1. The van der Waals surface area contributed by atoms with E-state index in [1.807, 2.05) is 17.5 Å². The second kappa shape index (κ2) is 5.41. The van der Waals surface area contributed by atoms with Crippen LogP contribution in [0.4, 0.5) is 4.79 Å². The lowest BCUT2D eigenvalue weighted by Gasteiger charge is -2.25. The molecule has 0 spiro atoms. The van der Waals surface area contributed by atoms with Crippen LogP contribution >= 0.6 is 11.3 Å². The van der Waals surface area contributed by atoms with Crippen LogP contribution in [0.3, 0.4) is 0 Å². The summed E-state index contributed by atoms with van der Waals surface area (Å²) in [5, 5.41) is 1.96. The first kappa shape index (κ1) is 12.2. The van der Waals surface area contributed by atoms with E-state index in [4.69, 9.17) is 9.57 Å². The van der Waals surface area contributed by atoms with E-state index in [1.54, 1.807) is 28.6 Å². The van der Waals surface area contributed by atoms with Gasteiger partial charge in [-0.2, -0.15) is 4.73 Å². The summed E-state index contributed by atoms with van der Waals surface area (Å²) in [4.78, 5) is 24.1. The fourth-order valence-corrected chi connectivity index (χ4v) is 2.54. The summed E-state index contributed by atoms with van der Waals surface area (Å²) < 4.78 is 6.61. The summed E-state index contributed by atoms with van der Waals surface area (Å²) >= 11 is 1.55. The van der Waals surface area contributed by atoms with Gasteiger partial charge in [0.25, 0.3) is 0 Å². The Hall–Kier alpha value is -1.86. The highest BCUT2D eigenvalue weighted by atomic mass is 32.1. The Kier molecular flexibility index (Phi) is 3.47. The maximum absolute atomic E-state index is 12.0. The zero-order valence-electron chi connectivity index (χ0n) is 10.2. The number of imidazole rings is 1. The molecule has 0 unspecified atom stereocenters. The molecule has 19 heavy (non-hydrogen) atoms. The second-order valence-corrected chi connectivity index (χ2v) is 4.96. The van der Waals surface area contributed by atoms with Crippen LogP contribution in [-0.4, -0.2) is 47.0 Å². The molecule has 7 heteroatoms. The Morgan fingerprint density at radius 3 is 3.00 bits per heavy atom. The molecular weight excluding hydrogens is 266 g/mol. The van der Waals surface area contributed by atoms with Crippen molar-refractivity contribution in [3.8, 4) is 10.7 Å². The second-order valence-electron chi connectivity index (χ2n) is 4.01. The number of thiophene rings is 1. The topological polar surface area (TPSA) is 56.6 Å². The lowest BCUT2D eigenvalue weighted by atomic mass is 10.4. The van der Waals surface area contributed by atoms with Gasteiger partial charge >= 0.3 is 6.09 Å². The zero-order chi connectivity index (χ0) is 13.1. The summed E-state index contributed by atoms with van der Waals surface area (Å²) in [6.07, 6.45) is 2.87. The Bertz CT molecular complexity index is 546. The Balaban J connectivity index is 1.73. The summed E-state index contributed by atoms with van der Waals surface area (Å²) in [5.41, 5.74) is 0. The summed E-state index contributed by atoms with van der Waals surface area (Å²) in [7, 11) is 0. The SMILES string of the molecule is O=C(On1ccnc1-c1cccs1)N1CCOCC1. The van der Waals surface area contributed by atoms with Gasteiger partial charge < -0.3 is 14.5 Å². The molecule has 2 aromatic heterocycles. The van der Waals surface area contributed by atoms with Gasteiger partial charge in [-0.1, -0.05) is 6.07 Å². The Morgan fingerprint density at radius 2 is 2.26 bits per heavy atom. The molecule has 6 nitrogen and oxygen atoms in total. The smallest absolute Gasteiger partial charge is 0.378 e. The molecule has 1 aliphatic heterocycles. The third kappa shape index (κ3) is 2.61. The first-order valence-electron chi connectivity index (χ1n) is 5.97. The minimum Gasteiger partial charge on any atom is -0.378 e. The van der Waals surface area contributed by atoms with Gasteiger partial charge in [0.2, 0.25) is 0 Å². The number of carbonyl (C=O) groups is 1. The van der Waals surface area contributed by atoms with Gasteiger partial charge in [0.1, 0.15) is 0 Å². The van der Waals surface area contributed by atoms with Gasteiger partial charge in [-0.05, 0) is 11.4 Å². The van der Waals surface area contributed by atoms with Gasteiger partial charge in [-0.25, -0.2) is 9.78 Å². The van der Waals surface area contributed by atoms with E-state index in [9.17, 15) is 4.79 Å². The minimum atomic E-state index is -0.376. The molecule has 1 amide bonds. The number of ether oxygens (including phenoxy) is 1. The number of aromatic nitrogens is 2. The number of amides is 1. The van der Waals surface area contributed by atoms with Crippen LogP contribution in [0.25, 0.3) is 10.7 Å². The van der Waals surface area contributed by atoms with Crippen LogP contribution < -0.4 is 4.84 Å². The normalized spacial score (nSPS) is 15.5. The van der Waals surface area contributed by atoms with Crippen molar-refractivity contribution in [3.63, 3.8) is 0 Å². The summed E-state index contributed by atoms with van der Waals surface area (Å²) in [6, 6.07) is 3.87. The van der Waals surface area contributed by atoms with Gasteiger partial charge in [0.05, 0.1) is 24.3 Å². The number of rotatable bonds is 2. The quantitative estimate of drug-likeness (QED) is 0.836. The molecule has 2 aromatic rings. The van der Waals surface area contributed by atoms with Crippen LogP contribution in [-0.2, 0) is 4.74 Å². The fourth-order valence-electron chi connectivity index (χ4n) is 1.83. The molecule has 1 aliphatic rings. The first-order chi connectivity index (χ1) is 9.34. The lowest BCUT2D eigenvalue weighted by molar-refractivity contribution is 0.0250. The van der Waals surface area contributed by atoms with Crippen molar-refractivity contribution >= 4 is 17.4 Å². The number of hydrogen-bond acceptors (Lipinski definition) is 5. The van der Waals surface area contributed by atoms with Crippen molar-refractivity contribution in [2.45, 2.75) is 0 Å². The third-order valence-electron chi connectivity index (χ3n) is 2.79. The van der Waals surface area contributed by atoms with Gasteiger partial charge in [-0.3, -0.25) is 0 Å². The molecule has 1 fully saturated rings. The van der Waals surface area contributed by atoms with E-state index in [0.717, 1.165) is 4.88 Å². The molecule has 3 heterocycles. The summed E-state index contributed by atoms with van der Waals surface area (Å²) in [5.74, 6) is 0.636. The molecule has 100 valence electrons. The van der Waals surface area contributed by atoms with E-state index in [-0.39, 0.29) is 6.09 Å². The lowest BCUT2D eigenvalue weighted by Crippen LogP contribution is -2.44. The molecular formula is C12H13N3O3S. The average molecular weight is 279 g/mol. The maximum Gasteiger partial charge on any atom is 0.434 e. The molecule has 0 radical (unpaired) electrons. The first-order valence-corrected chi connectivity index (χ1v) is 6.85. The highest BCUT2D eigenvalue weighted by Crippen LogP contribution is 2.22. The van der Waals surface area contributed by atoms with Crippen molar-refractivity contribution in [2.75, 3.05) is 26.3 Å². The molecule has 0 atom stereocenters. The average Bonchev–Trinajstić information content (AvgIpc) is 3.10. The standard InChI is InChI=1S/C12H13N3O3S/c16-12(14-5-7-17-8-6-14)18-15-4-3-13-11(15)10-2-1-9-19-10/h1-4,9H,5-8H2. The maximum atomic E-state index is 12.0. The van der Waals surface area contributed by atoms with E-state index in [1.165, 1.54) is 4.73 Å². The largest absolute Gasteiger partial charge is 0.434 e. The minimum absolute atomic E-state index is 0.376. The molecule has 0 aromatic carbocycles. The van der Waals surface area contributed by atoms with Crippen molar-refractivity contribution < 1.29 is 14.4 Å². The molecule has 0 N–H and O–H groups in total.